The highest BCUT2D eigenvalue weighted by atomic mass is 35.5. The van der Waals surface area contributed by atoms with Crippen molar-refractivity contribution in [3.63, 3.8) is 0 Å². The first-order valence-corrected chi connectivity index (χ1v) is 6.72. The van der Waals surface area contributed by atoms with Crippen LogP contribution in [0.2, 0.25) is 5.02 Å². The molecule has 0 spiro atoms. The molecule has 1 aromatic rings. The molecule has 1 rings (SSSR count). The highest BCUT2D eigenvalue weighted by Crippen LogP contribution is 2.16. The summed E-state index contributed by atoms with van der Waals surface area (Å²) in [5, 5.41) is 3.21. The summed E-state index contributed by atoms with van der Waals surface area (Å²) in [5.41, 5.74) is 0. The molecule has 20 heavy (non-hydrogen) atoms. The monoisotopic (exact) mass is 299 g/mol. The molecule has 1 amide bonds. The lowest BCUT2D eigenvalue weighted by Crippen LogP contribution is -2.35. The van der Waals surface area contributed by atoms with Crippen molar-refractivity contribution < 1.29 is 19.1 Å². The van der Waals surface area contributed by atoms with Crippen LogP contribution < -0.4 is 10.1 Å². The Morgan fingerprint density at radius 2 is 2.10 bits per heavy atom. The van der Waals surface area contributed by atoms with Crippen molar-refractivity contribution in [1.82, 2.24) is 5.32 Å². The number of carbonyl (C=O) groups excluding carboxylic acids is 2. The quantitative estimate of drug-likeness (QED) is 0.784. The zero-order valence-corrected chi connectivity index (χ0v) is 12.3. The van der Waals surface area contributed by atoms with Crippen LogP contribution in [0.1, 0.15) is 20.3 Å². The number of nitrogens with one attached hydrogen (secondary N) is 1. The third-order valence-electron chi connectivity index (χ3n) is 2.54. The average molecular weight is 300 g/mol. The lowest BCUT2D eigenvalue weighted by molar-refractivity contribution is -0.150. The van der Waals surface area contributed by atoms with Gasteiger partial charge in [-0.15, -0.1) is 0 Å². The zero-order chi connectivity index (χ0) is 15.0. The Bertz CT molecular complexity index is 464. The molecular weight excluding hydrogens is 282 g/mol. The van der Waals surface area contributed by atoms with Crippen LogP contribution in [0.5, 0.6) is 5.75 Å². The number of ether oxygens (including phenoxy) is 2. The molecular formula is C14H18ClNO4. The van der Waals surface area contributed by atoms with E-state index < -0.39 is 5.97 Å². The molecule has 0 aliphatic carbocycles. The van der Waals surface area contributed by atoms with Crippen LogP contribution in [-0.4, -0.2) is 31.1 Å². The van der Waals surface area contributed by atoms with Crippen LogP contribution in [0.25, 0.3) is 0 Å². The maximum atomic E-state index is 11.4. The van der Waals surface area contributed by atoms with E-state index in [1.165, 1.54) is 0 Å². The summed E-state index contributed by atoms with van der Waals surface area (Å²) in [5.74, 6) is -0.460. The van der Waals surface area contributed by atoms with E-state index >= 15 is 0 Å². The Kier molecular flexibility index (Phi) is 6.87. The van der Waals surface area contributed by atoms with E-state index in [1.54, 1.807) is 24.3 Å². The third kappa shape index (κ3) is 6.43. The number of amides is 1. The van der Waals surface area contributed by atoms with Crippen molar-refractivity contribution >= 4 is 23.5 Å². The SMILES string of the molecule is CC[C@H](C)NC(=O)COC(=O)COc1cccc(Cl)c1. The van der Waals surface area contributed by atoms with E-state index in [2.05, 4.69) is 5.32 Å². The van der Waals surface area contributed by atoms with Crippen molar-refractivity contribution in [2.75, 3.05) is 13.2 Å². The minimum Gasteiger partial charge on any atom is -0.482 e. The molecule has 0 radical (unpaired) electrons. The van der Waals surface area contributed by atoms with Crippen molar-refractivity contribution in [3.05, 3.63) is 29.3 Å². The van der Waals surface area contributed by atoms with E-state index in [4.69, 9.17) is 21.1 Å². The van der Waals surface area contributed by atoms with Crippen LogP contribution in [-0.2, 0) is 14.3 Å². The van der Waals surface area contributed by atoms with Crippen LogP contribution in [0, 0.1) is 0 Å². The molecule has 5 nitrogen and oxygen atoms in total. The summed E-state index contributed by atoms with van der Waals surface area (Å²) < 4.78 is 9.98. The van der Waals surface area contributed by atoms with Gasteiger partial charge in [0.1, 0.15) is 5.75 Å². The van der Waals surface area contributed by atoms with Crippen molar-refractivity contribution in [1.29, 1.82) is 0 Å². The van der Waals surface area contributed by atoms with Crippen LogP contribution in [0.3, 0.4) is 0 Å². The molecule has 0 fully saturated rings. The lowest BCUT2D eigenvalue weighted by atomic mass is 10.2. The first-order chi connectivity index (χ1) is 9.51. The fourth-order valence-corrected chi connectivity index (χ4v) is 1.49. The van der Waals surface area contributed by atoms with Crippen molar-refractivity contribution in [3.8, 4) is 5.75 Å². The maximum absolute atomic E-state index is 11.4. The van der Waals surface area contributed by atoms with Crippen LogP contribution in [0.4, 0.5) is 0 Å². The largest absolute Gasteiger partial charge is 0.482 e. The smallest absolute Gasteiger partial charge is 0.344 e. The maximum Gasteiger partial charge on any atom is 0.344 e. The topological polar surface area (TPSA) is 64.6 Å². The zero-order valence-electron chi connectivity index (χ0n) is 11.5. The summed E-state index contributed by atoms with van der Waals surface area (Å²) in [6.45, 7) is 3.26. The summed E-state index contributed by atoms with van der Waals surface area (Å²) >= 11 is 5.78. The fraction of sp³-hybridized carbons (Fsp3) is 0.429. The third-order valence-corrected chi connectivity index (χ3v) is 2.77. The second-order valence-electron chi connectivity index (χ2n) is 4.28. The van der Waals surface area contributed by atoms with Gasteiger partial charge in [0, 0.05) is 11.1 Å². The molecule has 6 heteroatoms. The number of halogens is 1. The van der Waals surface area contributed by atoms with E-state index in [0.717, 1.165) is 6.42 Å². The van der Waals surface area contributed by atoms with Crippen LogP contribution >= 0.6 is 11.6 Å². The van der Waals surface area contributed by atoms with Gasteiger partial charge < -0.3 is 14.8 Å². The molecule has 1 aromatic carbocycles. The molecule has 0 unspecified atom stereocenters. The predicted molar refractivity (Wildman–Crippen MR) is 75.8 cm³/mol. The molecule has 0 aliphatic rings. The van der Waals surface area contributed by atoms with Gasteiger partial charge in [0.05, 0.1) is 0 Å². The summed E-state index contributed by atoms with van der Waals surface area (Å²) in [4.78, 5) is 22.8. The Labute approximate surface area is 123 Å². The highest BCUT2D eigenvalue weighted by Gasteiger charge is 2.10. The van der Waals surface area contributed by atoms with Gasteiger partial charge in [0.15, 0.2) is 13.2 Å². The molecule has 1 atom stereocenters. The molecule has 1 N–H and O–H groups in total. The molecule has 0 saturated carbocycles. The standard InChI is InChI=1S/C14H18ClNO4/c1-3-10(2)16-13(17)8-20-14(18)9-19-12-6-4-5-11(15)7-12/h4-7,10H,3,8-9H2,1-2H3,(H,16,17)/t10-/m0/s1. The highest BCUT2D eigenvalue weighted by molar-refractivity contribution is 6.30. The number of hydrogen-bond acceptors (Lipinski definition) is 4. The van der Waals surface area contributed by atoms with E-state index in [0.29, 0.717) is 10.8 Å². The van der Waals surface area contributed by atoms with Gasteiger partial charge in [-0.25, -0.2) is 4.79 Å². The van der Waals surface area contributed by atoms with Crippen LogP contribution in [0.15, 0.2) is 24.3 Å². The van der Waals surface area contributed by atoms with Gasteiger partial charge in [-0.3, -0.25) is 4.79 Å². The molecule has 110 valence electrons. The first-order valence-electron chi connectivity index (χ1n) is 6.34. The van der Waals surface area contributed by atoms with Gasteiger partial charge in [-0.2, -0.15) is 0 Å². The van der Waals surface area contributed by atoms with Gasteiger partial charge in [0.2, 0.25) is 0 Å². The van der Waals surface area contributed by atoms with Gasteiger partial charge in [-0.05, 0) is 31.5 Å². The molecule has 0 saturated heterocycles. The first kappa shape index (κ1) is 16.3. The lowest BCUT2D eigenvalue weighted by Gasteiger charge is -2.11. The summed E-state index contributed by atoms with van der Waals surface area (Å²) in [6.07, 6.45) is 0.817. The fourth-order valence-electron chi connectivity index (χ4n) is 1.31. The molecule has 0 aliphatic heterocycles. The van der Waals surface area contributed by atoms with E-state index in [9.17, 15) is 9.59 Å². The van der Waals surface area contributed by atoms with Crippen molar-refractivity contribution in [2.24, 2.45) is 0 Å². The second kappa shape index (κ2) is 8.43. The van der Waals surface area contributed by atoms with Gasteiger partial charge in [-0.1, -0.05) is 24.6 Å². The predicted octanol–water partition coefficient (Wildman–Crippen LogP) is 2.18. The number of hydrogen-bond donors (Lipinski definition) is 1. The summed E-state index contributed by atoms with van der Waals surface area (Å²) in [6, 6.07) is 6.73. The summed E-state index contributed by atoms with van der Waals surface area (Å²) in [7, 11) is 0. The Hall–Kier alpha value is -1.75. The number of esters is 1. The Balaban J connectivity index is 2.25. The molecule has 0 bridgehead atoms. The van der Waals surface area contributed by atoms with Gasteiger partial charge >= 0.3 is 5.97 Å². The van der Waals surface area contributed by atoms with Gasteiger partial charge in [0.25, 0.3) is 5.91 Å². The van der Waals surface area contributed by atoms with E-state index in [-0.39, 0.29) is 25.2 Å². The Morgan fingerprint density at radius 3 is 2.75 bits per heavy atom. The number of carbonyl (C=O) groups is 2. The van der Waals surface area contributed by atoms with E-state index in [1.807, 2.05) is 13.8 Å². The minimum atomic E-state index is -0.607. The number of benzene rings is 1. The number of rotatable bonds is 7. The Morgan fingerprint density at radius 1 is 1.35 bits per heavy atom. The normalized spacial score (nSPS) is 11.6. The average Bonchev–Trinajstić information content (AvgIpc) is 2.42. The van der Waals surface area contributed by atoms with Crippen molar-refractivity contribution in [2.45, 2.75) is 26.3 Å². The minimum absolute atomic E-state index is 0.0592. The molecule has 0 heterocycles. The molecule has 0 aromatic heterocycles. The second-order valence-corrected chi connectivity index (χ2v) is 4.72.